The van der Waals surface area contributed by atoms with Crippen LogP contribution < -0.4 is 4.74 Å². The highest BCUT2D eigenvalue weighted by molar-refractivity contribution is 5.78. The molecule has 0 amide bonds. The minimum atomic E-state index is -0.760. The first-order chi connectivity index (χ1) is 13.9. The molecule has 0 spiro atoms. The van der Waals surface area contributed by atoms with Crippen LogP contribution in [0.4, 0.5) is 0 Å². The molecule has 5 atom stereocenters. The summed E-state index contributed by atoms with van der Waals surface area (Å²) in [5, 5.41) is 20.1. The van der Waals surface area contributed by atoms with E-state index >= 15 is 0 Å². The van der Waals surface area contributed by atoms with E-state index in [-0.39, 0.29) is 30.0 Å². The number of aliphatic hydroxyl groups excluding tert-OH is 1. The first kappa shape index (κ1) is 23.1. The lowest BCUT2D eigenvalue weighted by Crippen LogP contribution is -2.36. The van der Waals surface area contributed by atoms with E-state index in [0.29, 0.717) is 6.42 Å². The van der Waals surface area contributed by atoms with E-state index in [4.69, 9.17) is 9.47 Å². The molecule has 1 aromatic rings. The Morgan fingerprint density at radius 3 is 2.60 bits per heavy atom. The zero-order valence-electron chi connectivity index (χ0n) is 19.5. The molecule has 0 bridgehead atoms. The fourth-order valence-electron chi connectivity index (χ4n) is 4.89. The topological polar surface area (TPSA) is 76.0 Å². The van der Waals surface area contributed by atoms with Gasteiger partial charge in [-0.05, 0) is 57.1 Å². The molecule has 0 saturated heterocycles. The highest BCUT2D eigenvalue weighted by Gasteiger charge is 2.67. The molecular formula is C25H38O5. The van der Waals surface area contributed by atoms with Gasteiger partial charge in [-0.1, -0.05) is 39.3 Å². The number of ether oxygens (including phenoxy) is 2. The Hall–Kier alpha value is -1.59. The van der Waals surface area contributed by atoms with Gasteiger partial charge in [-0.25, -0.2) is 0 Å². The number of rotatable bonds is 9. The number of hydrogen-bond acceptors (Lipinski definition) is 4. The van der Waals surface area contributed by atoms with Crippen molar-refractivity contribution in [1.82, 2.24) is 0 Å². The average molecular weight is 419 g/mol. The second kappa shape index (κ2) is 8.16. The van der Waals surface area contributed by atoms with Gasteiger partial charge in [0.15, 0.2) is 0 Å². The molecule has 1 saturated carbocycles. The van der Waals surface area contributed by atoms with Gasteiger partial charge in [0.25, 0.3) is 0 Å². The first-order valence-corrected chi connectivity index (χ1v) is 11.2. The molecular weight excluding hydrogens is 380 g/mol. The summed E-state index contributed by atoms with van der Waals surface area (Å²) in [6, 6.07) is 4.05. The van der Waals surface area contributed by atoms with Gasteiger partial charge in [0.2, 0.25) is 0 Å². The summed E-state index contributed by atoms with van der Waals surface area (Å²) >= 11 is 0. The van der Waals surface area contributed by atoms with Gasteiger partial charge < -0.3 is 19.7 Å². The number of carboxylic acid groups (broad SMARTS) is 1. The molecule has 30 heavy (non-hydrogen) atoms. The maximum absolute atomic E-state index is 11.9. The van der Waals surface area contributed by atoms with Gasteiger partial charge in [-0.15, -0.1) is 0 Å². The summed E-state index contributed by atoms with van der Waals surface area (Å²) in [5.74, 6) is -0.446. The van der Waals surface area contributed by atoms with E-state index < -0.39 is 23.6 Å². The molecule has 2 aliphatic rings. The molecule has 2 N–H and O–H groups in total. The normalized spacial score (nSPS) is 26.2. The molecule has 1 fully saturated rings. The van der Waals surface area contributed by atoms with Crippen molar-refractivity contribution in [2.24, 2.45) is 17.3 Å². The maximum atomic E-state index is 11.9. The molecule has 5 nitrogen and oxygen atoms in total. The number of carbonyl (C=O) groups is 1. The molecule has 4 unspecified atom stereocenters. The van der Waals surface area contributed by atoms with Gasteiger partial charge in [-0.2, -0.15) is 0 Å². The number of aliphatic hydroxyl groups is 1. The SMILES string of the molecule is CCC(C)(C)CC[C@@H](O)COC(C)c1ccc(C)c2c1C1C(C(=O)O)C1C(C)(C)O2. The fraction of sp³-hybridized carbons (Fsp3) is 0.720. The first-order valence-electron chi connectivity index (χ1n) is 11.2. The van der Waals surface area contributed by atoms with Crippen molar-refractivity contribution in [3.8, 4) is 5.75 Å². The third-order valence-electron chi connectivity index (χ3n) is 7.32. The van der Waals surface area contributed by atoms with Crippen LogP contribution in [-0.4, -0.2) is 34.5 Å². The van der Waals surface area contributed by atoms with E-state index in [9.17, 15) is 15.0 Å². The van der Waals surface area contributed by atoms with Crippen molar-refractivity contribution in [3.63, 3.8) is 0 Å². The summed E-state index contributed by atoms with van der Waals surface area (Å²) in [7, 11) is 0. The number of hydrogen-bond donors (Lipinski definition) is 2. The van der Waals surface area contributed by atoms with E-state index in [0.717, 1.165) is 35.3 Å². The highest BCUT2D eigenvalue weighted by atomic mass is 16.5. The molecule has 0 aromatic heterocycles. The van der Waals surface area contributed by atoms with Gasteiger partial charge in [-0.3, -0.25) is 4.79 Å². The summed E-state index contributed by atoms with van der Waals surface area (Å²) in [6.45, 7) is 14.8. The fourth-order valence-corrected chi connectivity index (χ4v) is 4.89. The molecule has 1 aliphatic heterocycles. The summed E-state index contributed by atoms with van der Waals surface area (Å²) in [4.78, 5) is 11.9. The highest BCUT2D eigenvalue weighted by Crippen LogP contribution is 2.66. The van der Waals surface area contributed by atoms with E-state index in [1.807, 2.05) is 39.8 Å². The third-order valence-corrected chi connectivity index (χ3v) is 7.32. The second-order valence-corrected chi connectivity index (χ2v) is 10.5. The van der Waals surface area contributed by atoms with Crippen LogP contribution in [0.25, 0.3) is 0 Å². The maximum Gasteiger partial charge on any atom is 0.307 e. The lowest BCUT2D eigenvalue weighted by Gasteiger charge is -2.35. The zero-order valence-corrected chi connectivity index (χ0v) is 19.5. The predicted octanol–water partition coefficient (Wildman–Crippen LogP) is 5.24. The molecule has 0 radical (unpaired) electrons. The average Bonchev–Trinajstić information content (AvgIpc) is 3.43. The quantitative estimate of drug-likeness (QED) is 0.574. The lowest BCUT2D eigenvalue weighted by atomic mass is 9.84. The minimum Gasteiger partial charge on any atom is -0.487 e. The van der Waals surface area contributed by atoms with E-state index in [2.05, 4.69) is 20.8 Å². The third kappa shape index (κ3) is 4.38. The van der Waals surface area contributed by atoms with E-state index in [1.54, 1.807) is 0 Å². The minimum absolute atomic E-state index is 0.0304. The van der Waals surface area contributed by atoms with Crippen LogP contribution in [0.2, 0.25) is 0 Å². The van der Waals surface area contributed by atoms with Gasteiger partial charge >= 0.3 is 5.97 Å². The van der Waals surface area contributed by atoms with Crippen molar-refractivity contribution < 1.29 is 24.5 Å². The molecule has 1 heterocycles. The standard InChI is InChI=1S/C25H38O5/c1-8-24(4,5)12-11-16(26)13-29-15(3)17-10-9-14(2)22-18(17)19-20(23(27)28)21(19)25(6,7)30-22/h9-10,15-16,19-21,26H,8,11-13H2,1-7H3,(H,27,28)/t15?,16-,19?,20?,21?/m1/s1. The molecule has 1 aromatic carbocycles. The van der Waals surface area contributed by atoms with Crippen LogP contribution in [0.1, 0.15) is 89.5 Å². The van der Waals surface area contributed by atoms with Crippen LogP contribution >= 0.6 is 0 Å². The van der Waals surface area contributed by atoms with E-state index in [1.165, 1.54) is 0 Å². The van der Waals surface area contributed by atoms with Crippen molar-refractivity contribution in [2.45, 2.75) is 91.5 Å². The van der Waals surface area contributed by atoms with Crippen LogP contribution in [0.5, 0.6) is 5.75 Å². The second-order valence-electron chi connectivity index (χ2n) is 10.5. The Labute approximate surface area is 180 Å². The monoisotopic (exact) mass is 418 g/mol. The number of fused-ring (bicyclic) bond motifs is 3. The van der Waals surface area contributed by atoms with Gasteiger partial charge in [0, 0.05) is 17.4 Å². The number of aryl methyl sites for hydroxylation is 1. The summed E-state index contributed by atoms with van der Waals surface area (Å²) in [5.41, 5.74) is 2.70. The van der Waals surface area contributed by atoms with Gasteiger partial charge in [0.1, 0.15) is 11.4 Å². The zero-order chi connectivity index (χ0) is 22.4. The van der Waals surface area contributed by atoms with Crippen molar-refractivity contribution in [1.29, 1.82) is 0 Å². The Morgan fingerprint density at radius 2 is 2.00 bits per heavy atom. The Balaban J connectivity index is 1.76. The van der Waals surface area contributed by atoms with Gasteiger partial charge in [0.05, 0.1) is 24.7 Å². The Kier molecular flexibility index (Phi) is 6.28. The van der Waals surface area contributed by atoms with Crippen LogP contribution in [0.15, 0.2) is 12.1 Å². The van der Waals surface area contributed by atoms with Crippen molar-refractivity contribution in [3.05, 3.63) is 28.8 Å². The van der Waals surface area contributed by atoms with Crippen molar-refractivity contribution in [2.75, 3.05) is 6.61 Å². The number of carboxylic acids is 1. The summed E-state index contributed by atoms with van der Waals surface area (Å²) < 4.78 is 12.4. The Morgan fingerprint density at radius 1 is 1.33 bits per heavy atom. The predicted molar refractivity (Wildman–Crippen MR) is 117 cm³/mol. The largest absolute Gasteiger partial charge is 0.487 e. The molecule has 5 heteroatoms. The van der Waals surface area contributed by atoms with Crippen LogP contribution in [0, 0.1) is 24.2 Å². The molecule has 168 valence electrons. The van der Waals surface area contributed by atoms with Crippen molar-refractivity contribution >= 4 is 5.97 Å². The van der Waals surface area contributed by atoms with Crippen LogP contribution in [-0.2, 0) is 9.53 Å². The lowest BCUT2D eigenvalue weighted by molar-refractivity contribution is -0.139. The smallest absolute Gasteiger partial charge is 0.307 e. The number of benzene rings is 1. The summed E-state index contributed by atoms with van der Waals surface area (Å²) in [6.07, 6.45) is 2.00. The molecule has 3 rings (SSSR count). The number of aliphatic carboxylic acids is 1. The Bertz CT molecular complexity index is 797. The molecule has 1 aliphatic carbocycles. The van der Waals surface area contributed by atoms with Crippen LogP contribution in [0.3, 0.4) is 0 Å².